The van der Waals surface area contributed by atoms with Crippen molar-refractivity contribution in [2.45, 2.75) is 45.1 Å². The van der Waals surface area contributed by atoms with Crippen LogP contribution in [0.3, 0.4) is 0 Å². The van der Waals surface area contributed by atoms with Gasteiger partial charge >= 0.3 is 5.69 Å². The molecular weight excluding hydrogens is 464 g/mol. The largest absolute Gasteiger partial charge is 0.338 e. The number of benzene rings is 2. The summed E-state index contributed by atoms with van der Waals surface area (Å²) in [5.41, 5.74) is 4.03. The third kappa shape index (κ3) is 4.65. The molecule has 0 saturated carbocycles. The number of halogens is 2. The van der Waals surface area contributed by atoms with Crippen LogP contribution in [0.5, 0.6) is 0 Å². The first-order valence-electron chi connectivity index (χ1n) is 12.0. The molecule has 0 bridgehead atoms. The summed E-state index contributed by atoms with van der Waals surface area (Å²) in [6.07, 6.45) is 0.994. The maximum absolute atomic E-state index is 13.4. The van der Waals surface area contributed by atoms with Gasteiger partial charge in [0.05, 0.1) is 12.7 Å². The van der Waals surface area contributed by atoms with Crippen molar-refractivity contribution in [1.82, 2.24) is 24.4 Å². The molecular formula is C27H27F2N5O2. The molecule has 2 aromatic heterocycles. The number of amides is 1. The Labute approximate surface area is 206 Å². The average Bonchev–Trinajstić information content (AvgIpc) is 3.18. The number of H-pyrrole nitrogens is 1. The molecule has 0 spiro atoms. The van der Waals surface area contributed by atoms with E-state index < -0.39 is 5.92 Å². The number of hydrogen-bond donors (Lipinski definition) is 1. The van der Waals surface area contributed by atoms with E-state index >= 15 is 0 Å². The molecule has 0 atom stereocenters. The van der Waals surface area contributed by atoms with Gasteiger partial charge < -0.3 is 9.88 Å². The molecule has 1 saturated heterocycles. The Morgan fingerprint density at radius 2 is 1.78 bits per heavy atom. The summed E-state index contributed by atoms with van der Waals surface area (Å²) >= 11 is 0. The lowest BCUT2D eigenvalue weighted by Crippen LogP contribution is -2.42. The summed E-state index contributed by atoms with van der Waals surface area (Å²) in [5, 5.41) is 0. The van der Waals surface area contributed by atoms with Gasteiger partial charge in [-0.25, -0.2) is 23.5 Å². The number of nitrogens with zero attached hydrogens (tertiary/aromatic N) is 4. The third-order valence-corrected chi connectivity index (χ3v) is 6.66. The summed E-state index contributed by atoms with van der Waals surface area (Å²) in [5.74, 6) is -2.13. The number of carbonyl (C=O) groups is 1. The number of imidazole rings is 1. The zero-order chi connectivity index (χ0) is 25.4. The smallest absolute Gasteiger partial charge is 0.328 e. The van der Waals surface area contributed by atoms with Crippen LogP contribution in [0.1, 0.15) is 54.1 Å². The number of piperidine rings is 1. The highest BCUT2D eigenvalue weighted by Crippen LogP contribution is 2.29. The molecule has 5 rings (SSSR count). The van der Waals surface area contributed by atoms with Crippen LogP contribution >= 0.6 is 0 Å². The van der Waals surface area contributed by atoms with Crippen LogP contribution in [0.2, 0.25) is 0 Å². The fourth-order valence-electron chi connectivity index (χ4n) is 4.58. The molecule has 0 radical (unpaired) electrons. The quantitative estimate of drug-likeness (QED) is 0.434. The zero-order valence-corrected chi connectivity index (χ0v) is 20.2. The van der Waals surface area contributed by atoms with Gasteiger partial charge in [0, 0.05) is 37.1 Å². The van der Waals surface area contributed by atoms with E-state index in [1.165, 1.54) is 4.90 Å². The van der Waals surface area contributed by atoms with E-state index in [0.29, 0.717) is 22.6 Å². The Bertz CT molecular complexity index is 1460. The molecule has 2 aromatic carbocycles. The lowest BCUT2D eigenvalue weighted by Gasteiger charge is -2.31. The second kappa shape index (κ2) is 9.29. The molecule has 1 N–H and O–H groups in total. The summed E-state index contributed by atoms with van der Waals surface area (Å²) in [4.78, 5) is 38.9. The fourth-order valence-corrected chi connectivity index (χ4v) is 4.58. The number of likely N-dealkylation sites (tertiary alicyclic amines) is 1. The van der Waals surface area contributed by atoms with Crippen molar-refractivity contribution in [1.29, 1.82) is 0 Å². The minimum Gasteiger partial charge on any atom is -0.338 e. The first-order chi connectivity index (χ1) is 17.2. The average molecular weight is 492 g/mol. The molecule has 1 amide bonds. The maximum atomic E-state index is 13.4. The van der Waals surface area contributed by atoms with Gasteiger partial charge in [0.1, 0.15) is 5.52 Å². The minimum atomic E-state index is -2.70. The van der Waals surface area contributed by atoms with Crippen LogP contribution < -0.4 is 5.69 Å². The second-order valence-electron chi connectivity index (χ2n) is 9.53. The lowest BCUT2D eigenvalue weighted by molar-refractivity contribution is -0.0494. The van der Waals surface area contributed by atoms with Crippen LogP contribution in [0.15, 0.2) is 59.5 Å². The van der Waals surface area contributed by atoms with Gasteiger partial charge in [0.25, 0.3) is 11.8 Å². The van der Waals surface area contributed by atoms with Crippen LogP contribution in [0.4, 0.5) is 8.78 Å². The lowest BCUT2D eigenvalue weighted by atomic mass is 9.97. The number of hydrogen-bond acceptors (Lipinski definition) is 4. The van der Waals surface area contributed by atoms with Gasteiger partial charge in [-0.2, -0.15) is 0 Å². The van der Waals surface area contributed by atoms with E-state index in [1.807, 2.05) is 18.2 Å². The number of fused-ring (bicyclic) bond motifs is 1. The molecule has 36 heavy (non-hydrogen) atoms. The topological polar surface area (TPSA) is 83.9 Å². The SMILES string of the molecule is CC(C)c1ccccc1-c1ncc2[nH]c(=O)n(Cc3ccc(C(=O)N4CCC(F)(F)CC4)cc3)c2n1. The van der Waals surface area contributed by atoms with Crippen LogP contribution in [-0.2, 0) is 6.54 Å². The molecule has 4 aromatic rings. The van der Waals surface area contributed by atoms with E-state index in [2.05, 4.69) is 29.9 Å². The third-order valence-electron chi connectivity index (χ3n) is 6.66. The number of carbonyl (C=O) groups excluding carboxylic acids is 1. The molecule has 9 heteroatoms. The van der Waals surface area contributed by atoms with Crippen molar-refractivity contribution in [3.63, 3.8) is 0 Å². The Kier molecular flexibility index (Phi) is 6.15. The highest BCUT2D eigenvalue weighted by Gasteiger charge is 2.35. The number of alkyl halides is 2. The second-order valence-corrected chi connectivity index (χ2v) is 9.53. The van der Waals surface area contributed by atoms with E-state index in [0.717, 1.165) is 16.7 Å². The van der Waals surface area contributed by atoms with Gasteiger partial charge in [-0.15, -0.1) is 0 Å². The summed E-state index contributed by atoms with van der Waals surface area (Å²) in [6.45, 7) is 4.56. The van der Waals surface area contributed by atoms with Crippen LogP contribution in [-0.4, -0.2) is 49.3 Å². The molecule has 1 fully saturated rings. The van der Waals surface area contributed by atoms with Gasteiger partial charge in [0.2, 0.25) is 0 Å². The van der Waals surface area contributed by atoms with Crippen molar-refractivity contribution < 1.29 is 13.6 Å². The number of nitrogens with one attached hydrogen (secondary N) is 1. The Morgan fingerprint density at radius 3 is 2.47 bits per heavy atom. The normalized spacial score (nSPS) is 15.5. The number of rotatable bonds is 5. The van der Waals surface area contributed by atoms with Gasteiger partial charge in [0.15, 0.2) is 11.5 Å². The molecule has 0 unspecified atom stereocenters. The first kappa shape index (κ1) is 23.8. The minimum absolute atomic E-state index is 0.0420. The Hall–Kier alpha value is -3.88. The summed E-state index contributed by atoms with van der Waals surface area (Å²) in [6, 6.07) is 14.8. The first-order valence-corrected chi connectivity index (χ1v) is 12.0. The van der Waals surface area contributed by atoms with E-state index in [-0.39, 0.29) is 50.0 Å². The standard InChI is InChI=1S/C27H27F2N5O2/c1-17(2)20-5-3-4-6-21(20)23-30-15-22-24(32-23)34(26(36)31-22)16-18-7-9-19(10-8-18)25(35)33-13-11-27(28,29)12-14-33/h3-10,15,17H,11-14,16H2,1-2H3,(H,31,36). The summed E-state index contributed by atoms with van der Waals surface area (Å²) in [7, 11) is 0. The van der Waals surface area contributed by atoms with Crippen molar-refractivity contribution in [2.75, 3.05) is 13.1 Å². The Morgan fingerprint density at radius 1 is 1.08 bits per heavy atom. The predicted molar refractivity (Wildman–Crippen MR) is 133 cm³/mol. The van der Waals surface area contributed by atoms with Crippen molar-refractivity contribution in [2.24, 2.45) is 0 Å². The molecule has 0 aliphatic carbocycles. The van der Waals surface area contributed by atoms with Crippen LogP contribution in [0.25, 0.3) is 22.6 Å². The van der Waals surface area contributed by atoms with Crippen molar-refractivity contribution in [3.8, 4) is 11.4 Å². The van der Waals surface area contributed by atoms with E-state index in [4.69, 9.17) is 4.98 Å². The molecule has 1 aliphatic rings. The van der Waals surface area contributed by atoms with E-state index in [1.54, 1.807) is 35.0 Å². The van der Waals surface area contributed by atoms with E-state index in [9.17, 15) is 18.4 Å². The van der Waals surface area contributed by atoms with Gasteiger partial charge in [-0.1, -0.05) is 50.2 Å². The number of aromatic nitrogens is 4. The molecule has 7 nitrogen and oxygen atoms in total. The fraction of sp³-hybridized carbons (Fsp3) is 0.333. The molecule has 186 valence electrons. The van der Waals surface area contributed by atoms with Gasteiger partial charge in [-0.05, 0) is 29.2 Å². The van der Waals surface area contributed by atoms with Crippen molar-refractivity contribution >= 4 is 17.1 Å². The van der Waals surface area contributed by atoms with Crippen LogP contribution in [0, 0.1) is 0 Å². The highest BCUT2D eigenvalue weighted by molar-refractivity contribution is 5.94. The predicted octanol–water partition coefficient (Wildman–Crippen LogP) is 4.83. The van der Waals surface area contributed by atoms with Crippen molar-refractivity contribution in [3.05, 3.63) is 81.9 Å². The maximum Gasteiger partial charge on any atom is 0.328 e. The molecule has 3 heterocycles. The molecule has 1 aliphatic heterocycles. The van der Waals surface area contributed by atoms with Gasteiger partial charge in [-0.3, -0.25) is 9.36 Å². The zero-order valence-electron chi connectivity index (χ0n) is 20.2. The monoisotopic (exact) mass is 491 g/mol. The highest BCUT2D eigenvalue weighted by atomic mass is 19.3. The number of aromatic amines is 1. The Balaban J connectivity index is 1.40. The summed E-state index contributed by atoms with van der Waals surface area (Å²) < 4.78 is 28.4.